The number of nitrogens with zero attached hydrogens (tertiary/aromatic N) is 4. The molecule has 4 aromatic rings. The fraction of sp³-hybridized carbons (Fsp3) is 0.455. The number of para-hydroxylation sites is 1. The van der Waals surface area contributed by atoms with E-state index in [1.165, 1.54) is 11.1 Å². The van der Waals surface area contributed by atoms with Gasteiger partial charge in [-0.25, -0.2) is 18.4 Å². The van der Waals surface area contributed by atoms with Crippen LogP contribution in [-0.4, -0.2) is 59.3 Å². The third-order valence-electron chi connectivity index (χ3n) is 8.15. The number of hydrogen-bond acceptors (Lipinski definition) is 7. The Hall–Kier alpha value is -3.43. The Morgan fingerprint density at radius 2 is 1.74 bits per heavy atom. The largest absolute Gasteiger partial charge is 0.491 e. The molecule has 1 saturated heterocycles. The first kappa shape index (κ1) is 30.0. The molecule has 2 aromatic carbocycles. The van der Waals surface area contributed by atoms with E-state index in [1.54, 1.807) is 32.0 Å². The van der Waals surface area contributed by atoms with Crippen LogP contribution in [0.4, 0.5) is 11.5 Å². The molecular formula is C33H43N5O3S. The summed E-state index contributed by atoms with van der Waals surface area (Å²) >= 11 is 0. The van der Waals surface area contributed by atoms with Crippen LogP contribution in [0.5, 0.6) is 5.75 Å². The van der Waals surface area contributed by atoms with Crippen LogP contribution in [0.1, 0.15) is 69.0 Å². The lowest BCUT2D eigenvalue weighted by atomic mass is 9.85. The topological polar surface area (TPSA) is 89.3 Å². The minimum absolute atomic E-state index is 0.0333. The number of aryl methyl sites for hydroxylation is 2. The van der Waals surface area contributed by atoms with Crippen LogP contribution in [0.15, 0.2) is 53.6 Å². The standard InChI is InChI=1S/C33H43N5O3S/c1-21(2)41-29-20-26(24-12-15-37(6)16-13-24)23(5)18-25(29)19-31-34-28-14-17-38(7)32(28)33(36-31)35-27-10-8-9-11-30(27)42(39,40)22(3)4/h8-11,14,17-18,20-22,24H,12-13,15-16,19H2,1-7H3,(H,34,35,36). The van der Waals surface area contributed by atoms with E-state index < -0.39 is 15.1 Å². The van der Waals surface area contributed by atoms with Crippen LogP contribution in [0, 0.1) is 6.92 Å². The molecule has 1 aliphatic heterocycles. The molecule has 3 heterocycles. The third-order valence-corrected chi connectivity index (χ3v) is 10.4. The molecule has 1 aliphatic rings. The van der Waals surface area contributed by atoms with Gasteiger partial charge in [0.1, 0.15) is 17.1 Å². The molecule has 0 atom stereocenters. The smallest absolute Gasteiger partial charge is 0.182 e. The SMILES string of the molecule is Cc1cc(Cc2nc(Nc3ccccc3S(=O)(=O)C(C)C)c3c(ccn3C)n2)c(OC(C)C)cc1C1CCN(C)CC1. The number of hydrogen-bond donors (Lipinski definition) is 1. The second-order valence-electron chi connectivity index (χ2n) is 12.1. The van der Waals surface area contributed by atoms with Gasteiger partial charge in [0.25, 0.3) is 0 Å². The van der Waals surface area contributed by atoms with Crippen molar-refractivity contribution in [3.05, 3.63) is 71.2 Å². The number of likely N-dealkylation sites (tertiary alicyclic amines) is 1. The van der Waals surface area contributed by atoms with Crippen LogP contribution in [0.25, 0.3) is 11.0 Å². The number of rotatable bonds is 9. The van der Waals surface area contributed by atoms with Crippen molar-refractivity contribution in [3.8, 4) is 5.75 Å². The fourth-order valence-corrected chi connectivity index (χ4v) is 7.00. The second kappa shape index (κ2) is 12.1. The molecule has 42 heavy (non-hydrogen) atoms. The lowest BCUT2D eigenvalue weighted by molar-refractivity contribution is 0.237. The van der Waals surface area contributed by atoms with E-state index in [-0.39, 0.29) is 11.0 Å². The zero-order valence-corrected chi connectivity index (χ0v) is 26.6. The number of aromatic nitrogens is 3. The average molecular weight is 590 g/mol. The van der Waals surface area contributed by atoms with Gasteiger partial charge in [0.2, 0.25) is 0 Å². The van der Waals surface area contributed by atoms with Crippen molar-refractivity contribution in [1.82, 2.24) is 19.4 Å². The number of fused-ring (bicyclic) bond motifs is 1. The van der Waals surface area contributed by atoms with E-state index in [1.807, 2.05) is 29.9 Å². The normalized spacial score (nSPS) is 15.2. The molecule has 0 saturated carbocycles. The van der Waals surface area contributed by atoms with Crippen molar-refractivity contribution in [2.45, 2.75) is 76.0 Å². The van der Waals surface area contributed by atoms with Crippen molar-refractivity contribution >= 4 is 32.4 Å². The summed E-state index contributed by atoms with van der Waals surface area (Å²) < 4.78 is 34.6. The van der Waals surface area contributed by atoms with Crippen LogP contribution in [0.2, 0.25) is 0 Å². The van der Waals surface area contributed by atoms with Gasteiger partial charge >= 0.3 is 0 Å². The highest BCUT2D eigenvalue weighted by Crippen LogP contribution is 2.36. The summed E-state index contributed by atoms with van der Waals surface area (Å²) in [5.74, 6) is 2.61. The van der Waals surface area contributed by atoms with E-state index in [0.717, 1.165) is 48.3 Å². The van der Waals surface area contributed by atoms with E-state index in [2.05, 4.69) is 50.2 Å². The summed E-state index contributed by atoms with van der Waals surface area (Å²) in [6.45, 7) is 11.9. The number of ether oxygens (including phenoxy) is 1. The molecular weight excluding hydrogens is 546 g/mol. The van der Waals surface area contributed by atoms with E-state index in [0.29, 0.717) is 29.7 Å². The summed E-state index contributed by atoms with van der Waals surface area (Å²) in [6, 6.07) is 13.4. The number of anilines is 2. The van der Waals surface area contributed by atoms with Crippen molar-refractivity contribution in [2.24, 2.45) is 7.05 Å². The Bertz CT molecular complexity index is 1690. The van der Waals surface area contributed by atoms with E-state index in [9.17, 15) is 8.42 Å². The molecule has 224 valence electrons. The Morgan fingerprint density at radius 1 is 1.02 bits per heavy atom. The molecule has 0 aliphatic carbocycles. The van der Waals surface area contributed by atoms with Gasteiger partial charge in [0, 0.05) is 25.2 Å². The lowest BCUT2D eigenvalue weighted by Crippen LogP contribution is -2.29. The highest BCUT2D eigenvalue weighted by atomic mass is 32.2. The Morgan fingerprint density at radius 3 is 2.43 bits per heavy atom. The predicted octanol–water partition coefficient (Wildman–Crippen LogP) is 6.39. The molecule has 5 rings (SSSR count). The van der Waals surface area contributed by atoms with E-state index >= 15 is 0 Å². The molecule has 2 aromatic heterocycles. The molecule has 0 amide bonds. The molecule has 0 radical (unpaired) electrons. The maximum atomic E-state index is 13.2. The second-order valence-corrected chi connectivity index (χ2v) is 14.6. The number of sulfone groups is 1. The van der Waals surface area contributed by atoms with Crippen LogP contribution < -0.4 is 10.1 Å². The van der Waals surface area contributed by atoms with Crippen LogP contribution >= 0.6 is 0 Å². The maximum Gasteiger partial charge on any atom is 0.182 e. The van der Waals surface area contributed by atoms with E-state index in [4.69, 9.17) is 14.7 Å². The molecule has 1 N–H and O–H groups in total. The number of nitrogens with one attached hydrogen (secondary N) is 1. The fourth-order valence-electron chi connectivity index (χ4n) is 5.80. The first-order valence-electron chi connectivity index (χ1n) is 14.8. The highest BCUT2D eigenvalue weighted by Gasteiger charge is 2.25. The number of piperidine rings is 1. The van der Waals surface area contributed by atoms with Gasteiger partial charge in [-0.3, -0.25) is 0 Å². The van der Waals surface area contributed by atoms with Gasteiger partial charge in [-0.2, -0.15) is 0 Å². The first-order valence-corrected chi connectivity index (χ1v) is 16.4. The van der Waals surface area contributed by atoms with Crippen molar-refractivity contribution in [1.29, 1.82) is 0 Å². The number of benzene rings is 2. The van der Waals surface area contributed by atoms with Crippen LogP contribution in [-0.2, 0) is 23.3 Å². The minimum atomic E-state index is -3.51. The van der Waals surface area contributed by atoms with Gasteiger partial charge < -0.3 is 19.5 Å². The quantitative estimate of drug-likeness (QED) is 0.242. The Kier molecular flexibility index (Phi) is 8.62. The zero-order chi connectivity index (χ0) is 30.2. The Labute approximate surface area is 250 Å². The predicted molar refractivity (Wildman–Crippen MR) is 170 cm³/mol. The zero-order valence-electron chi connectivity index (χ0n) is 25.8. The average Bonchev–Trinajstić information content (AvgIpc) is 3.31. The molecule has 0 spiro atoms. The van der Waals surface area contributed by atoms with Gasteiger partial charge in [-0.05, 0) is 109 Å². The summed E-state index contributed by atoms with van der Waals surface area (Å²) in [7, 11) is 0.619. The molecule has 0 bridgehead atoms. The van der Waals surface area contributed by atoms with Gasteiger partial charge in [0.15, 0.2) is 15.7 Å². The summed E-state index contributed by atoms with van der Waals surface area (Å²) in [4.78, 5) is 12.5. The van der Waals surface area contributed by atoms with Crippen LogP contribution in [0.3, 0.4) is 0 Å². The van der Waals surface area contributed by atoms with Gasteiger partial charge in [0.05, 0.1) is 27.5 Å². The Balaban J connectivity index is 1.55. The summed E-state index contributed by atoms with van der Waals surface area (Å²) in [6.07, 6.45) is 4.76. The monoisotopic (exact) mass is 589 g/mol. The van der Waals surface area contributed by atoms with Crippen molar-refractivity contribution in [3.63, 3.8) is 0 Å². The van der Waals surface area contributed by atoms with Crippen molar-refractivity contribution < 1.29 is 13.2 Å². The van der Waals surface area contributed by atoms with Gasteiger partial charge in [-0.1, -0.05) is 18.2 Å². The summed E-state index contributed by atoms with van der Waals surface area (Å²) in [5, 5.41) is 2.81. The van der Waals surface area contributed by atoms with Crippen molar-refractivity contribution in [2.75, 3.05) is 25.5 Å². The first-order chi connectivity index (χ1) is 19.9. The maximum absolute atomic E-state index is 13.2. The van der Waals surface area contributed by atoms with Gasteiger partial charge in [-0.15, -0.1) is 0 Å². The summed E-state index contributed by atoms with van der Waals surface area (Å²) in [5.41, 5.74) is 5.78. The molecule has 0 unspecified atom stereocenters. The highest BCUT2D eigenvalue weighted by molar-refractivity contribution is 7.92. The molecule has 9 heteroatoms. The molecule has 1 fully saturated rings. The third kappa shape index (κ3) is 6.17. The molecule has 8 nitrogen and oxygen atoms in total. The lowest BCUT2D eigenvalue weighted by Gasteiger charge is -2.30. The minimum Gasteiger partial charge on any atom is -0.491 e.